The van der Waals surface area contributed by atoms with E-state index in [1.54, 1.807) is 0 Å². The molecule has 1 heterocycles. The van der Waals surface area contributed by atoms with Gasteiger partial charge in [0.15, 0.2) is 0 Å². The number of benzene rings is 2. The molecule has 5 heteroatoms. The standard InChI is InChI=1S/C21H26N2O3/c1-16(17-5-3-2-4-6-17)23-12-14-26-20(15-23)18-7-9-19(10-8-18)21(25)22-11-13-24/h2-10,16,20,24H,11-15H2,1H3,(H,22,25)/t16?,20-/m1/s1. The van der Waals surface area contributed by atoms with Gasteiger partial charge in [-0.2, -0.15) is 0 Å². The van der Waals surface area contributed by atoms with Gasteiger partial charge in [0, 0.05) is 31.2 Å². The topological polar surface area (TPSA) is 61.8 Å². The van der Waals surface area contributed by atoms with Crippen LogP contribution in [-0.2, 0) is 4.74 Å². The molecule has 3 rings (SSSR count). The first-order chi connectivity index (χ1) is 12.7. The summed E-state index contributed by atoms with van der Waals surface area (Å²) in [6.07, 6.45) is 0.00413. The molecule has 1 unspecified atom stereocenters. The summed E-state index contributed by atoms with van der Waals surface area (Å²) in [5, 5.41) is 11.5. The number of nitrogens with zero attached hydrogens (tertiary/aromatic N) is 1. The van der Waals surface area contributed by atoms with Crippen LogP contribution in [0.25, 0.3) is 0 Å². The van der Waals surface area contributed by atoms with Crippen molar-refractivity contribution >= 4 is 5.91 Å². The molecule has 1 aliphatic rings. The summed E-state index contributed by atoms with van der Waals surface area (Å²) in [6, 6.07) is 18.4. The summed E-state index contributed by atoms with van der Waals surface area (Å²) >= 11 is 0. The number of carbonyl (C=O) groups excluding carboxylic acids is 1. The maximum atomic E-state index is 11.9. The second-order valence-electron chi connectivity index (χ2n) is 6.54. The lowest BCUT2D eigenvalue weighted by Crippen LogP contribution is -2.39. The third kappa shape index (κ3) is 4.49. The van der Waals surface area contributed by atoms with Gasteiger partial charge in [0.2, 0.25) is 0 Å². The Labute approximate surface area is 154 Å². The van der Waals surface area contributed by atoms with Crippen LogP contribution in [-0.4, -0.2) is 48.8 Å². The quantitative estimate of drug-likeness (QED) is 0.837. The zero-order valence-electron chi connectivity index (χ0n) is 15.1. The summed E-state index contributed by atoms with van der Waals surface area (Å²) in [6.45, 7) is 4.86. The van der Waals surface area contributed by atoms with Crippen molar-refractivity contribution in [1.82, 2.24) is 10.2 Å². The van der Waals surface area contributed by atoms with Crippen LogP contribution in [0.2, 0.25) is 0 Å². The fourth-order valence-corrected chi connectivity index (χ4v) is 3.29. The van der Waals surface area contributed by atoms with Crippen LogP contribution in [0, 0.1) is 0 Å². The number of hydrogen-bond donors (Lipinski definition) is 2. The number of morpholine rings is 1. The molecule has 2 aromatic rings. The van der Waals surface area contributed by atoms with Crippen LogP contribution in [0.4, 0.5) is 0 Å². The average molecular weight is 354 g/mol. The van der Waals surface area contributed by atoms with E-state index in [-0.39, 0.29) is 25.2 Å². The zero-order valence-corrected chi connectivity index (χ0v) is 15.1. The Bertz CT molecular complexity index is 703. The molecule has 2 aromatic carbocycles. The van der Waals surface area contributed by atoms with Crippen molar-refractivity contribution < 1.29 is 14.6 Å². The molecule has 1 saturated heterocycles. The normalized spacial score (nSPS) is 19.1. The minimum atomic E-state index is -0.172. The molecule has 2 atom stereocenters. The van der Waals surface area contributed by atoms with Crippen LogP contribution in [0.15, 0.2) is 54.6 Å². The minimum Gasteiger partial charge on any atom is -0.395 e. The number of hydrogen-bond acceptors (Lipinski definition) is 4. The molecule has 138 valence electrons. The summed E-state index contributed by atoms with van der Waals surface area (Å²) in [4.78, 5) is 14.4. The van der Waals surface area contributed by atoms with E-state index in [1.165, 1.54) is 5.56 Å². The van der Waals surface area contributed by atoms with E-state index in [1.807, 2.05) is 30.3 Å². The second-order valence-corrected chi connectivity index (χ2v) is 6.54. The van der Waals surface area contributed by atoms with Gasteiger partial charge >= 0.3 is 0 Å². The molecule has 0 aromatic heterocycles. The van der Waals surface area contributed by atoms with Gasteiger partial charge < -0.3 is 15.2 Å². The Morgan fingerprint density at radius 2 is 1.96 bits per heavy atom. The van der Waals surface area contributed by atoms with Gasteiger partial charge in [0.25, 0.3) is 5.91 Å². The number of amides is 1. The van der Waals surface area contributed by atoms with Gasteiger partial charge in [-0.05, 0) is 30.2 Å². The molecule has 1 amide bonds. The predicted molar refractivity (Wildman–Crippen MR) is 101 cm³/mol. The van der Waals surface area contributed by atoms with Crippen LogP contribution in [0.3, 0.4) is 0 Å². The van der Waals surface area contributed by atoms with Gasteiger partial charge in [-0.15, -0.1) is 0 Å². The molecule has 2 N–H and O–H groups in total. The smallest absolute Gasteiger partial charge is 0.251 e. The first-order valence-electron chi connectivity index (χ1n) is 9.08. The molecule has 1 aliphatic heterocycles. The highest BCUT2D eigenvalue weighted by Gasteiger charge is 2.26. The Hall–Kier alpha value is -2.21. The van der Waals surface area contributed by atoms with Crippen molar-refractivity contribution in [2.45, 2.75) is 19.1 Å². The highest BCUT2D eigenvalue weighted by Crippen LogP contribution is 2.28. The van der Waals surface area contributed by atoms with Gasteiger partial charge in [0.05, 0.1) is 19.3 Å². The van der Waals surface area contributed by atoms with Crippen molar-refractivity contribution in [3.8, 4) is 0 Å². The van der Waals surface area contributed by atoms with Crippen molar-refractivity contribution in [2.24, 2.45) is 0 Å². The molecule has 0 aliphatic carbocycles. The van der Waals surface area contributed by atoms with Gasteiger partial charge in [-0.3, -0.25) is 9.69 Å². The molecular weight excluding hydrogens is 328 g/mol. The lowest BCUT2D eigenvalue weighted by molar-refractivity contribution is -0.0431. The summed E-state index contributed by atoms with van der Waals surface area (Å²) in [5.41, 5.74) is 2.98. The van der Waals surface area contributed by atoms with Gasteiger partial charge in [-0.25, -0.2) is 0 Å². The highest BCUT2D eigenvalue weighted by molar-refractivity contribution is 5.94. The fourth-order valence-electron chi connectivity index (χ4n) is 3.29. The van der Waals surface area contributed by atoms with Crippen molar-refractivity contribution in [1.29, 1.82) is 0 Å². The molecule has 0 spiro atoms. The lowest BCUT2D eigenvalue weighted by atomic mass is 10.0. The maximum Gasteiger partial charge on any atom is 0.251 e. The van der Waals surface area contributed by atoms with E-state index in [2.05, 4.69) is 41.4 Å². The molecule has 0 saturated carbocycles. The number of nitrogens with one attached hydrogen (secondary N) is 1. The van der Waals surface area contributed by atoms with E-state index in [0.29, 0.717) is 18.2 Å². The third-order valence-corrected chi connectivity index (χ3v) is 4.87. The van der Waals surface area contributed by atoms with E-state index in [4.69, 9.17) is 9.84 Å². The van der Waals surface area contributed by atoms with Crippen LogP contribution in [0.1, 0.15) is 40.6 Å². The largest absolute Gasteiger partial charge is 0.395 e. The summed E-state index contributed by atoms with van der Waals surface area (Å²) in [7, 11) is 0. The first-order valence-corrected chi connectivity index (χ1v) is 9.08. The van der Waals surface area contributed by atoms with Crippen LogP contribution >= 0.6 is 0 Å². The zero-order chi connectivity index (χ0) is 18.4. The Balaban J connectivity index is 1.65. The van der Waals surface area contributed by atoms with Crippen molar-refractivity contribution in [3.63, 3.8) is 0 Å². The third-order valence-electron chi connectivity index (χ3n) is 4.87. The number of aliphatic hydroxyl groups excluding tert-OH is 1. The minimum absolute atomic E-state index is 0.00413. The van der Waals surface area contributed by atoms with E-state index < -0.39 is 0 Å². The summed E-state index contributed by atoms with van der Waals surface area (Å²) in [5.74, 6) is -0.172. The lowest BCUT2D eigenvalue weighted by Gasteiger charge is -2.37. The molecule has 5 nitrogen and oxygen atoms in total. The molecule has 26 heavy (non-hydrogen) atoms. The number of rotatable bonds is 6. The number of ether oxygens (including phenoxy) is 1. The molecular formula is C21H26N2O3. The first kappa shape index (κ1) is 18.6. The van der Waals surface area contributed by atoms with E-state index in [0.717, 1.165) is 18.7 Å². The van der Waals surface area contributed by atoms with Crippen molar-refractivity contribution in [2.75, 3.05) is 32.8 Å². The molecule has 0 radical (unpaired) electrons. The van der Waals surface area contributed by atoms with E-state index >= 15 is 0 Å². The van der Waals surface area contributed by atoms with Gasteiger partial charge in [-0.1, -0.05) is 42.5 Å². The monoisotopic (exact) mass is 354 g/mol. The Morgan fingerprint density at radius 1 is 1.23 bits per heavy atom. The molecule has 1 fully saturated rings. The number of aliphatic hydroxyl groups is 1. The highest BCUT2D eigenvalue weighted by atomic mass is 16.5. The van der Waals surface area contributed by atoms with Gasteiger partial charge in [0.1, 0.15) is 0 Å². The van der Waals surface area contributed by atoms with Crippen LogP contribution < -0.4 is 5.32 Å². The second kappa shape index (κ2) is 8.94. The van der Waals surface area contributed by atoms with Crippen molar-refractivity contribution in [3.05, 3.63) is 71.3 Å². The summed E-state index contributed by atoms with van der Waals surface area (Å²) < 4.78 is 5.97. The SMILES string of the molecule is CC(c1ccccc1)N1CCO[C@@H](c2ccc(C(=O)NCCO)cc2)C1. The van der Waals surface area contributed by atoms with E-state index in [9.17, 15) is 4.79 Å². The average Bonchev–Trinajstić information content (AvgIpc) is 2.72. The maximum absolute atomic E-state index is 11.9. The number of carbonyl (C=O) groups is 1. The fraction of sp³-hybridized carbons (Fsp3) is 0.381. The predicted octanol–water partition coefficient (Wildman–Crippen LogP) is 2.54. The molecule has 0 bridgehead atoms. The van der Waals surface area contributed by atoms with Crippen LogP contribution in [0.5, 0.6) is 0 Å². The Kier molecular flexibility index (Phi) is 6.39. The Morgan fingerprint density at radius 3 is 2.65 bits per heavy atom.